The molecule has 28 heavy (non-hydrogen) atoms. The van der Waals surface area contributed by atoms with E-state index in [0.29, 0.717) is 33.8 Å². The van der Waals surface area contributed by atoms with Crippen LogP contribution in [-0.2, 0) is 13.5 Å². The van der Waals surface area contributed by atoms with E-state index in [-0.39, 0.29) is 11.2 Å². The topological polar surface area (TPSA) is 87.5 Å². The molecule has 2 amide bonds. The lowest BCUT2D eigenvalue weighted by Crippen LogP contribution is -2.45. The highest BCUT2D eigenvalue weighted by molar-refractivity contribution is 9.10. The molecule has 1 unspecified atom stereocenters. The zero-order valence-electron chi connectivity index (χ0n) is 16.1. The van der Waals surface area contributed by atoms with Gasteiger partial charge in [-0.15, -0.1) is 0 Å². The first kappa shape index (κ1) is 20.7. The number of aromatic nitrogens is 2. The van der Waals surface area contributed by atoms with Crippen LogP contribution >= 0.6 is 27.5 Å². The molecular formula is C19H22BrClN4O3. The van der Waals surface area contributed by atoms with Crippen molar-refractivity contribution >= 4 is 45.2 Å². The van der Waals surface area contributed by atoms with E-state index >= 15 is 0 Å². The quantitative estimate of drug-likeness (QED) is 0.667. The van der Waals surface area contributed by atoms with Crippen molar-refractivity contribution in [1.82, 2.24) is 14.5 Å². The monoisotopic (exact) mass is 468 g/mol. The number of anilines is 1. The second-order valence-electron chi connectivity index (χ2n) is 7.88. The average Bonchev–Trinajstić information content (AvgIpc) is 2.94. The Hall–Kier alpha value is -2.06. The van der Waals surface area contributed by atoms with E-state index in [9.17, 15) is 14.7 Å². The number of hydrogen-bond donors (Lipinski definition) is 2. The summed E-state index contributed by atoms with van der Waals surface area (Å²) in [5.74, 6) is -0.172. The Labute approximate surface area is 176 Å². The first-order valence-corrected chi connectivity index (χ1v) is 10.00. The van der Waals surface area contributed by atoms with Crippen LogP contribution in [0.4, 0.5) is 10.5 Å². The summed E-state index contributed by atoms with van der Waals surface area (Å²) < 4.78 is 2.42. The number of carboxylic acid groups (broad SMARTS) is 1. The summed E-state index contributed by atoms with van der Waals surface area (Å²) in [6.45, 7) is 6.28. The molecule has 1 aliphatic heterocycles. The number of fused-ring (bicyclic) bond motifs is 1. The Morgan fingerprint density at radius 2 is 2.04 bits per heavy atom. The van der Waals surface area contributed by atoms with Gasteiger partial charge >= 0.3 is 6.09 Å². The van der Waals surface area contributed by atoms with Crippen LogP contribution in [0.25, 0.3) is 0 Å². The van der Waals surface area contributed by atoms with Crippen molar-refractivity contribution in [3.63, 3.8) is 0 Å². The van der Waals surface area contributed by atoms with Crippen molar-refractivity contribution in [3.8, 4) is 0 Å². The van der Waals surface area contributed by atoms with Gasteiger partial charge in [0.15, 0.2) is 5.82 Å². The van der Waals surface area contributed by atoms with Crippen molar-refractivity contribution < 1.29 is 14.7 Å². The molecule has 1 aliphatic rings. The molecule has 0 bridgehead atoms. The summed E-state index contributed by atoms with van der Waals surface area (Å²) in [6.07, 6.45) is -0.481. The highest BCUT2D eigenvalue weighted by atomic mass is 79.9. The molecule has 2 heterocycles. The van der Waals surface area contributed by atoms with Crippen molar-refractivity contribution in [2.45, 2.75) is 33.2 Å². The van der Waals surface area contributed by atoms with E-state index in [1.54, 1.807) is 29.8 Å². The Bertz CT molecular complexity index is 951. The minimum absolute atomic E-state index is 0.225. The van der Waals surface area contributed by atoms with E-state index in [1.807, 2.05) is 20.8 Å². The lowest BCUT2D eigenvalue weighted by Gasteiger charge is -2.41. The number of amides is 2. The Kier molecular flexibility index (Phi) is 5.46. The van der Waals surface area contributed by atoms with E-state index in [4.69, 9.17) is 11.6 Å². The first-order valence-electron chi connectivity index (χ1n) is 8.82. The van der Waals surface area contributed by atoms with Crippen LogP contribution in [0.2, 0.25) is 5.02 Å². The maximum Gasteiger partial charge on any atom is 0.407 e. The van der Waals surface area contributed by atoms with E-state index < -0.39 is 18.0 Å². The third-order valence-corrected chi connectivity index (χ3v) is 6.17. The molecule has 0 saturated heterocycles. The van der Waals surface area contributed by atoms with Gasteiger partial charge < -0.3 is 15.0 Å². The summed E-state index contributed by atoms with van der Waals surface area (Å²) in [5.41, 5.74) is 1.61. The largest absolute Gasteiger partial charge is 0.465 e. The second kappa shape index (κ2) is 7.40. The Morgan fingerprint density at radius 1 is 1.36 bits per heavy atom. The molecule has 2 aromatic rings. The third kappa shape index (κ3) is 3.63. The number of rotatable bonds is 2. The van der Waals surface area contributed by atoms with Crippen molar-refractivity contribution in [3.05, 3.63) is 44.9 Å². The summed E-state index contributed by atoms with van der Waals surface area (Å²) in [7, 11) is 1.78. The molecular weight excluding hydrogens is 448 g/mol. The zero-order chi connectivity index (χ0) is 20.8. The molecule has 0 fully saturated rings. The van der Waals surface area contributed by atoms with Gasteiger partial charge in [0, 0.05) is 30.2 Å². The molecule has 0 saturated carbocycles. The van der Waals surface area contributed by atoms with Gasteiger partial charge in [0.2, 0.25) is 0 Å². The van der Waals surface area contributed by atoms with Crippen LogP contribution in [0, 0.1) is 5.41 Å². The highest BCUT2D eigenvalue weighted by Gasteiger charge is 2.42. The molecule has 1 aromatic heterocycles. The summed E-state index contributed by atoms with van der Waals surface area (Å²) in [5, 5.41) is 12.8. The van der Waals surface area contributed by atoms with Gasteiger partial charge in [0.25, 0.3) is 5.91 Å². The van der Waals surface area contributed by atoms with Crippen LogP contribution < -0.4 is 5.32 Å². The number of imidazole rings is 1. The third-order valence-electron chi connectivity index (χ3n) is 4.87. The molecule has 0 aliphatic carbocycles. The molecule has 150 valence electrons. The number of carbonyl (C=O) groups is 2. The van der Waals surface area contributed by atoms with Gasteiger partial charge in [0.1, 0.15) is 0 Å². The second-order valence-corrected chi connectivity index (χ2v) is 9.11. The van der Waals surface area contributed by atoms with Crippen molar-refractivity contribution in [1.29, 1.82) is 0 Å². The predicted molar refractivity (Wildman–Crippen MR) is 111 cm³/mol. The highest BCUT2D eigenvalue weighted by Crippen LogP contribution is 2.42. The average molecular weight is 470 g/mol. The van der Waals surface area contributed by atoms with Crippen LogP contribution in [0.3, 0.4) is 0 Å². The van der Waals surface area contributed by atoms with Gasteiger partial charge in [-0.25, -0.2) is 9.78 Å². The summed E-state index contributed by atoms with van der Waals surface area (Å²) in [4.78, 5) is 30.6. The van der Waals surface area contributed by atoms with E-state index in [2.05, 4.69) is 26.2 Å². The number of benzene rings is 1. The van der Waals surface area contributed by atoms with Crippen molar-refractivity contribution in [2.24, 2.45) is 12.5 Å². The maximum atomic E-state index is 12.9. The number of halogens is 2. The van der Waals surface area contributed by atoms with E-state index in [1.165, 1.54) is 4.90 Å². The van der Waals surface area contributed by atoms with Gasteiger partial charge in [-0.05, 0) is 33.5 Å². The lowest BCUT2D eigenvalue weighted by atomic mass is 9.81. The van der Waals surface area contributed by atoms with Gasteiger partial charge in [0.05, 0.1) is 22.4 Å². The van der Waals surface area contributed by atoms with E-state index in [0.717, 1.165) is 5.69 Å². The Balaban J connectivity index is 2.01. The predicted octanol–water partition coefficient (Wildman–Crippen LogP) is 4.71. The fourth-order valence-electron chi connectivity index (χ4n) is 3.64. The van der Waals surface area contributed by atoms with Gasteiger partial charge in [-0.3, -0.25) is 9.69 Å². The minimum Gasteiger partial charge on any atom is -0.465 e. The van der Waals surface area contributed by atoms with Crippen molar-refractivity contribution in [2.75, 3.05) is 11.9 Å². The minimum atomic E-state index is -0.983. The van der Waals surface area contributed by atoms with Crippen LogP contribution in [0.1, 0.15) is 48.8 Å². The number of hydrogen-bond acceptors (Lipinski definition) is 3. The number of nitrogens with one attached hydrogen (secondary N) is 1. The van der Waals surface area contributed by atoms with Gasteiger partial charge in [-0.1, -0.05) is 38.4 Å². The number of carbonyl (C=O) groups excluding carboxylic acids is 1. The SMILES string of the molecule is Cn1c(C(=O)Nc2cccc(Br)c2Cl)nc2c1CCN(C(=O)O)C2C(C)(C)C. The fraction of sp³-hybridized carbons (Fsp3) is 0.421. The standard InChI is InChI=1S/C19H22BrClN4O3/c1-19(2,3)15-14-12(8-9-25(15)18(27)28)24(4)16(23-14)17(26)22-11-7-5-6-10(20)13(11)21/h5-7,15H,8-9H2,1-4H3,(H,22,26)(H,27,28). The lowest BCUT2D eigenvalue weighted by molar-refractivity contribution is 0.0732. The molecule has 0 spiro atoms. The van der Waals surface area contributed by atoms with Gasteiger partial charge in [-0.2, -0.15) is 0 Å². The zero-order valence-corrected chi connectivity index (χ0v) is 18.4. The fourth-order valence-corrected chi connectivity index (χ4v) is 4.18. The first-order chi connectivity index (χ1) is 13.0. The molecule has 2 N–H and O–H groups in total. The molecule has 3 rings (SSSR count). The van der Waals surface area contributed by atoms with Crippen LogP contribution in [0.15, 0.2) is 22.7 Å². The maximum absolute atomic E-state index is 12.9. The normalized spacial score (nSPS) is 16.6. The molecule has 1 atom stereocenters. The van der Waals surface area contributed by atoms with Crippen LogP contribution in [-0.4, -0.2) is 38.1 Å². The summed E-state index contributed by atoms with van der Waals surface area (Å²) in [6, 6.07) is 4.83. The molecule has 9 heteroatoms. The Morgan fingerprint density at radius 3 is 2.64 bits per heavy atom. The number of nitrogens with zero attached hydrogens (tertiary/aromatic N) is 3. The molecule has 7 nitrogen and oxygen atoms in total. The van der Waals surface area contributed by atoms with Crippen LogP contribution in [0.5, 0.6) is 0 Å². The summed E-state index contributed by atoms with van der Waals surface area (Å²) >= 11 is 9.58. The molecule has 0 radical (unpaired) electrons. The smallest absolute Gasteiger partial charge is 0.407 e. The molecule has 1 aromatic carbocycles.